The van der Waals surface area contributed by atoms with Crippen LogP contribution in [0.25, 0.3) is 0 Å². The summed E-state index contributed by atoms with van der Waals surface area (Å²) in [4.78, 5) is 17.6. The number of hydrogen-bond acceptors (Lipinski definition) is 3. The third-order valence-electron chi connectivity index (χ3n) is 2.78. The molecule has 0 fully saturated rings. The fourth-order valence-corrected chi connectivity index (χ4v) is 1.33. The van der Waals surface area contributed by atoms with Crippen molar-refractivity contribution in [3.63, 3.8) is 0 Å². The molecule has 17 heavy (non-hydrogen) atoms. The molecule has 0 aliphatic carbocycles. The number of carbonyl (C=O) groups is 1. The highest BCUT2D eigenvalue weighted by atomic mass is 16.5. The number of hydrogen-bond donors (Lipinski definition) is 1. The van der Waals surface area contributed by atoms with E-state index in [-0.39, 0.29) is 12.1 Å². The van der Waals surface area contributed by atoms with E-state index in [2.05, 4.69) is 10.3 Å². The summed E-state index contributed by atoms with van der Waals surface area (Å²) in [5, 5.41) is 2.78. The lowest BCUT2D eigenvalue weighted by Gasteiger charge is -2.24. The van der Waals surface area contributed by atoms with Crippen molar-refractivity contribution in [2.75, 3.05) is 19.5 Å². The van der Waals surface area contributed by atoms with Crippen LogP contribution in [0.5, 0.6) is 5.88 Å². The van der Waals surface area contributed by atoms with E-state index >= 15 is 0 Å². The number of methoxy groups -OCH3 is 1. The molecule has 0 aromatic carbocycles. The van der Waals surface area contributed by atoms with Gasteiger partial charge in [0.05, 0.1) is 7.11 Å². The highest BCUT2D eigenvalue weighted by Gasteiger charge is 2.15. The Hall–Kier alpha value is -1.78. The molecule has 0 saturated heterocycles. The molecule has 0 spiro atoms. The Bertz CT molecular complexity index is 382. The van der Waals surface area contributed by atoms with Crippen LogP contribution >= 0.6 is 0 Å². The van der Waals surface area contributed by atoms with E-state index < -0.39 is 0 Å². The van der Waals surface area contributed by atoms with Crippen LogP contribution in [0.2, 0.25) is 0 Å². The molecule has 1 aromatic heterocycles. The van der Waals surface area contributed by atoms with E-state index in [0.717, 1.165) is 6.42 Å². The fourth-order valence-electron chi connectivity index (χ4n) is 1.33. The second-order valence-electron chi connectivity index (χ2n) is 3.86. The minimum atomic E-state index is -0.161. The molecule has 0 aliphatic rings. The topological polar surface area (TPSA) is 54.5 Å². The first-order valence-corrected chi connectivity index (χ1v) is 5.63. The number of carbonyl (C=O) groups excluding carboxylic acids is 1. The summed E-state index contributed by atoms with van der Waals surface area (Å²) >= 11 is 0. The van der Waals surface area contributed by atoms with E-state index in [1.807, 2.05) is 13.8 Å². The number of urea groups is 1. The zero-order chi connectivity index (χ0) is 12.8. The van der Waals surface area contributed by atoms with Gasteiger partial charge in [-0.2, -0.15) is 0 Å². The Morgan fingerprint density at radius 3 is 2.94 bits per heavy atom. The first kappa shape index (κ1) is 13.3. The van der Waals surface area contributed by atoms with Crippen LogP contribution in [0.4, 0.5) is 10.5 Å². The number of nitrogens with one attached hydrogen (secondary N) is 1. The smallest absolute Gasteiger partial charge is 0.321 e. The van der Waals surface area contributed by atoms with Crippen LogP contribution in [-0.4, -0.2) is 36.1 Å². The quantitative estimate of drug-likeness (QED) is 0.874. The van der Waals surface area contributed by atoms with Crippen molar-refractivity contribution < 1.29 is 9.53 Å². The zero-order valence-corrected chi connectivity index (χ0v) is 10.7. The largest absolute Gasteiger partial charge is 0.480 e. The highest BCUT2D eigenvalue weighted by molar-refractivity contribution is 5.90. The van der Waals surface area contributed by atoms with Crippen molar-refractivity contribution in [2.45, 2.75) is 26.3 Å². The van der Waals surface area contributed by atoms with Crippen LogP contribution in [0, 0.1) is 0 Å². The summed E-state index contributed by atoms with van der Waals surface area (Å²) in [5.74, 6) is 0.415. The lowest BCUT2D eigenvalue weighted by molar-refractivity contribution is 0.206. The van der Waals surface area contributed by atoms with Crippen LogP contribution in [-0.2, 0) is 0 Å². The summed E-state index contributed by atoms with van der Waals surface area (Å²) in [6.07, 6.45) is 2.53. The van der Waals surface area contributed by atoms with E-state index in [4.69, 9.17) is 4.74 Å². The van der Waals surface area contributed by atoms with Gasteiger partial charge in [0.2, 0.25) is 5.88 Å². The molecule has 1 heterocycles. The molecule has 1 N–H and O–H groups in total. The number of anilines is 1. The predicted molar refractivity (Wildman–Crippen MR) is 67.3 cm³/mol. The van der Waals surface area contributed by atoms with Crippen LogP contribution in [0.1, 0.15) is 20.3 Å². The van der Waals surface area contributed by atoms with Gasteiger partial charge in [-0.25, -0.2) is 9.78 Å². The van der Waals surface area contributed by atoms with Gasteiger partial charge in [-0.1, -0.05) is 6.92 Å². The van der Waals surface area contributed by atoms with Gasteiger partial charge in [-0.3, -0.25) is 0 Å². The Morgan fingerprint density at radius 1 is 1.65 bits per heavy atom. The molecular formula is C12H19N3O2. The molecular weight excluding hydrogens is 218 g/mol. The van der Waals surface area contributed by atoms with E-state index in [0.29, 0.717) is 11.6 Å². The van der Waals surface area contributed by atoms with Gasteiger partial charge in [-0.15, -0.1) is 0 Å². The maximum absolute atomic E-state index is 11.9. The normalized spacial score (nSPS) is 11.8. The highest BCUT2D eigenvalue weighted by Crippen LogP contribution is 2.20. The standard InChI is InChI=1S/C12H19N3O2/c1-5-9(2)15(3)12(16)14-10-7-6-8-13-11(10)17-4/h6-9H,5H2,1-4H3,(H,14,16). The van der Waals surface area contributed by atoms with E-state index in [9.17, 15) is 4.79 Å². The Kier molecular flexibility index (Phi) is 4.75. The molecule has 2 amide bonds. The maximum atomic E-state index is 11.9. The van der Waals surface area contributed by atoms with Gasteiger partial charge in [-0.05, 0) is 25.5 Å². The van der Waals surface area contributed by atoms with Crippen LogP contribution < -0.4 is 10.1 Å². The van der Waals surface area contributed by atoms with E-state index in [1.165, 1.54) is 7.11 Å². The molecule has 5 heteroatoms. The minimum absolute atomic E-state index is 0.161. The van der Waals surface area contributed by atoms with Crippen molar-refractivity contribution in [1.82, 2.24) is 9.88 Å². The second-order valence-corrected chi connectivity index (χ2v) is 3.86. The average molecular weight is 237 g/mol. The molecule has 0 saturated carbocycles. The third-order valence-corrected chi connectivity index (χ3v) is 2.78. The molecule has 5 nitrogen and oxygen atoms in total. The van der Waals surface area contributed by atoms with Crippen molar-refractivity contribution in [1.29, 1.82) is 0 Å². The SMILES string of the molecule is CCC(C)N(C)C(=O)Nc1cccnc1OC. The van der Waals surface area contributed by atoms with E-state index in [1.54, 1.807) is 30.3 Å². The molecule has 94 valence electrons. The van der Waals surface area contributed by atoms with Gasteiger partial charge < -0.3 is 15.0 Å². The van der Waals surface area contributed by atoms with Crippen molar-refractivity contribution in [3.05, 3.63) is 18.3 Å². The molecule has 0 aliphatic heterocycles. The zero-order valence-electron chi connectivity index (χ0n) is 10.7. The monoisotopic (exact) mass is 237 g/mol. The second kappa shape index (κ2) is 6.08. The predicted octanol–water partition coefficient (Wildman–Crippen LogP) is 2.35. The Morgan fingerprint density at radius 2 is 2.35 bits per heavy atom. The number of aromatic nitrogens is 1. The van der Waals surface area contributed by atoms with Gasteiger partial charge in [0.1, 0.15) is 5.69 Å². The number of ether oxygens (including phenoxy) is 1. The first-order chi connectivity index (χ1) is 8.10. The summed E-state index contributed by atoms with van der Waals surface area (Å²) in [7, 11) is 3.29. The summed E-state index contributed by atoms with van der Waals surface area (Å²) < 4.78 is 5.07. The molecule has 1 aromatic rings. The molecule has 0 radical (unpaired) electrons. The molecule has 1 rings (SSSR count). The summed E-state index contributed by atoms with van der Waals surface area (Å²) in [6, 6.07) is 3.54. The lowest BCUT2D eigenvalue weighted by Crippen LogP contribution is -2.37. The van der Waals surface area contributed by atoms with Crippen molar-refractivity contribution in [3.8, 4) is 5.88 Å². The van der Waals surface area contributed by atoms with Crippen molar-refractivity contribution >= 4 is 11.7 Å². The minimum Gasteiger partial charge on any atom is -0.480 e. The lowest BCUT2D eigenvalue weighted by atomic mass is 10.2. The van der Waals surface area contributed by atoms with Crippen LogP contribution in [0.15, 0.2) is 18.3 Å². The van der Waals surface area contributed by atoms with Gasteiger partial charge >= 0.3 is 6.03 Å². The maximum Gasteiger partial charge on any atom is 0.321 e. The summed E-state index contributed by atoms with van der Waals surface area (Å²) in [5.41, 5.74) is 0.579. The Labute approximate surface area is 102 Å². The average Bonchev–Trinajstić information content (AvgIpc) is 2.37. The summed E-state index contributed by atoms with van der Waals surface area (Å²) in [6.45, 7) is 4.04. The van der Waals surface area contributed by atoms with Gasteiger partial charge in [0, 0.05) is 19.3 Å². The van der Waals surface area contributed by atoms with Crippen LogP contribution in [0.3, 0.4) is 0 Å². The number of rotatable bonds is 4. The molecule has 0 bridgehead atoms. The number of nitrogens with zero attached hydrogens (tertiary/aromatic N) is 2. The van der Waals surface area contributed by atoms with Gasteiger partial charge in [0.25, 0.3) is 0 Å². The fraction of sp³-hybridized carbons (Fsp3) is 0.500. The number of amides is 2. The first-order valence-electron chi connectivity index (χ1n) is 5.63. The number of pyridine rings is 1. The Balaban J connectivity index is 2.74. The molecule has 1 atom stereocenters. The van der Waals surface area contributed by atoms with Gasteiger partial charge in [0.15, 0.2) is 0 Å². The third kappa shape index (κ3) is 3.34. The van der Waals surface area contributed by atoms with Crippen molar-refractivity contribution in [2.24, 2.45) is 0 Å². The molecule has 1 unspecified atom stereocenters.